The summed E-state index contributed by atoms with van der Waals surface area (Å²) in [5.41, 5.74) is 4.82. The number of phenolic OH excluding ortho intramolecular Hbond substituents is 1. The summed E-state index contributed by atoms with van der Waals surface area (Å²) in [5, 5.41) is 17.9. The Morgan fingerprint density at radius 3 is 2.62 bits per heavy atom. The van der Waals surface area contributed by atoms with Gasteiger partial charge in [-0.1, -0.05) is 0 Å². The summed E-state index contributed by atoms with van der Waals surface area (Å²) in [4.78, 5) is 10.4. The van der Waals surface area contributed by atoms with E-state index in [0.29, 0.717) is 0 Å². The number of nitrogens with two attached hydrogens (primary N) is 1. The van der Waals surface area contributed by atoms with Crippen LogP contribution < -0.4 is 5.73 Å². The summed E-state index contributed by atoms with van der Waals surface area (Å²) in [6, 6.07) is -0.578. The standard InChI is InChI=1S/C9H8BrF2NO3/c10-3-1-4(11)8(12)7(9(3)16)5(13)2-6(14)15/h1,5,16H,2,13H2,(H,14,15). The lowest BCUT2D eigenvalue weighted by atomic mass is 10.0. The van der Waals surface area contributed by atoms with Crippen LogP contribution in [0.1, 0.15) is 18.0 Å². The molecule has 1 unspecified atom stereocenters. The first kappa shape index (κ1) is 12.9. The van der Waals surface area contributed by atoms with E-state index in [1.54, 1.807) is 0 Å². The molecule has 0 aliphatic carbocycles. The van der Waals surface area contributed by atoms with Crippen molar-refractivity contribution in [1.29, 1.82) is 0 Å². The normalized spacial score (nSPS) is 12.5. The number of benzene rings is 1. The van der Waals surface area contributed by atoms with Crippen molar-refractivity contribution in [1.82, 2.24) is 0 Å². The Kier molecular flexibility index (Phi) is 3.82. The van der Waals surface area contributed by atoms with Crippen molar-refractivity contribution in [2.45, 2.75) is 12.5 Å². The Bertz CT molecular complexity index is 413. The molecule has 7 heteroatoms. The van der Waals surface area contributed by atoms with Gasteiger partial charge in [0.1, 0.15) is 5.75 Å². The Balaban J connectivity index is 3.26. The second-order valence-electron chi connectivity index (χ2n) is 3.12. The van der Waals surface area contributed by atoms with Gasteiger partial charge < -0.3 is 15.9 Å². The molecule has 0 saturated carbocycles. The van der Waals surface area contributed by atoms with Crippen LogP contribution in [0.2, 0.25) is 0 Å². The molecular formula is C9H8BrF2NO3. The number of phenols is 1. The molecule has 0 aliphatic heterocycles. The number of aliphatic carboxylic acids is 1. The van der Waals surface area contributed by atoms with Gasteiger partial charge in [-0.05, 0) is 22.0 Å². The van der Waals surface area contributed by atoms with Gasteiger partial charge in [0.15, 0.2) is 11.6 Å². The van der Waals surface area contributed by atoms with Gasteiger partial charge in [0.05, 0.1) is 16.5 Å². The van der Waals surface area contributed by atoms with E-state index in [-0.39, 0.29) is 4.47 Å². The van der Waals surface area contributed by atoms with E-state index < -0.39 is 41.4 Å². The molecule has 0 saturated heterocycles. The third-order valence-corrected chi connectivity index (χ3v) is 2.55. The van der Waals surface area contributed by atoms with Gasteiger partial charge in [0.2, 0.25) is 0 Å². The largest absolute Gasteiger partial charge is 0.506 e. The lowest BCUT2D eigenvalue weighted by molar-refractivity contribution is -0.137. The molecule has 0 bridgehead atoms. The van der Waals surface area contributed by atoms with E-state index in [0.717, 1.165) is 6.07 Å². The highest BCUT2D eigenvalue weighted by Gasteiger charge is 2.23. The average Bonchev–Trinajstić information content (AvgIpc) is 2.14. The van der Waals surface area contributed by atoms with Crippen molar-refractivity contribution in [3.8, 4) is 5.75 Å². The lowest BCUT2D eigenvalue weighted by Gasteiger charge is -2.14. The first-order valence-corrected chi connectivity index (χ1v) is 4.97. The van der Waals surface area contributed by atoms with Crippen molar-refractivity contribution in [2.24, 2.45) is 5.73 Å². The fraction of sp³-hybridized carbons (Fsp3) is 0.222. The Morgan fingerprint density at radius 1 is 1.56 bits per heavy atom. The minimum atomic E-state index is -1.34. The van der Waals surface area contributed by atoms with Gasteiger partial charge in [0.25, 0.3) is 0 Å². The number of carboxylic acids is 1. The molecule has 16 heavy (non-hydrogen) atoms. The van der Waals surface area contributed by atoms with Crippen molar-refractivity contribution >= 4 is 21.9 Å². The molecule has 1 atom stereocenters. The molecule has 4 nitrogen and oxygen atoms in total. The third kappa shape index (κ3) is 2.48. The van der Waals surface area contributed by atoms with Crippen LogP contribution in [0.3, 0.4) is 0 Å². The number of rotatable bonds is 3. The molecule has 1 aromatic rings. The van der Waals surface area contributed by atoms with Gasteiger partial charge in [-0.15, -0.1) is 0 Å². The first-order chi connectivity index (χ1) is 7.34. The van der Waals surface area contributed by atoms with Crippen molar-refractivity contribution in [3.63, 3.8) is 0 Å². The lowest BCUT2D eigenvalue weighted by Crippen LogP contribution is -2.17. The number of aromatic hydroxyl groups is 1. The van der Waals surface area contributed by atoms with Crippen LogP contribution in [0.4, 0.5) is 8.78 Å². The third-order valence-electron chi connectivity index (χ3n) is 1.95. The predicted octanol–water partition coefficient (Wildman–Crippen LogP) is 1.91. The van der Waals surface area contributed by atoms with Gasteiger partial charge in [-0.2, -0.15) is 0 Å². The van der Waals surface area contributed by atoms with Crippen LogP contribution in [-0.4, -0.2) is 16.2 Å². The van der Waals surface area contributed by atoms with E-state index in [9.17, 15) is 18.7 Å². The van der Waals surface area contributed by atoms with Gasteiger partial charge >= 0.3 is 5.97 Å². The van der Waals surface area contributed by atoms with Crippen molar-refractivity contribution in [2.75, 3.05) is 0 Å². The minimum Gasteiger partial charge on any atom is -0.506 e. The van der Waals surface area contributed by atoms with Crippen LogP contribution in [-0.2, 0) is 4.79 Å². The molecule has 0 heterocycles. The summed E-state index contributed by atoms with van der Waals surface area (Å²) in [6.07, 6.45) is -0.611. The zero-order valence-corrected chi connectivity index (χ0v) is 9.46. The Labute approximate surface area is 97.8 Å². The topological polar surface area (TPSA) is 83.6 Å². The maximum atomic E-state index is 13.3. The maximum absolute atomic E-state index is 13.3. The average molecular weight is 296 g/mol. The summed E-state index contributed by atoms with van der Waals surface area (Å²) in [5.74, 6) is -4.41. The molecule has 0 aliphatic rings. The SMILES string of the molecule is NC(CC(=O)O)c1c(O)c(Br)cc(F)c1F. The predicted molar refractivity (Wildman–Crippen MR) is 54.9 cm³/mol. The molecule has 88 valence electrons. The first-order valence-electron chi connectivity index (χ1n) is 4.18. The smallest absolute Gasteiger partial charge is 0.305 e. The number of halogens is 3. The second-order valence-corrected chi connectivity index (χ2v) is 3.98. The van der Waals surface area contributed by atoms with Crippen LogP contribution >= 0.6 is 15.9 Å². The summed E-state index contributed by atoms with van der Waals surface area (Å²) < 4.78 is 26.2. The van der Waals surface area contributed by atoms with E-state index in [1.165, 1.54) is 0 Å². The van der Waals surface area contributed by atoms with Crippen LogP contribution in [0, 0.1) is 11.6 Å². The maximum Gasteiger partial charge on any atom is 0.305 e. The van der Waals surface area contributed by atoms with E-state index in [1.807, 2.05) is 0 Å². The molecule has 0 amide bonds. The zero-order chi connectivity index (χ0) is 12.5. The van der Waals surface area contributed by atoms with Crippen LogP contribution in [0.25, 0.3) is 0 Å². The monoisotopic (exact) mass is 295 g/mol. The zero-order valence-electron chi connectivity index (χ0n) is 7.88. The molecule has 4 N–H and O–H groups in total. The highest BCUT2D eigenvalue weighted by molar-refractivity contribution is 9.10. The minimum absolute atomic E-state index is 0.0813. The molecule has 0 radical (unpaired) electrons. The van der Waals surface area contributed by atoms with E-state index >= 15 is 0 Å². The van der Waals surface area contributed by atoms with Crippen LogP contribution in [0.5, 0.6) is 5.75 Å². The summed E-state index contributed by atoms with van der Waals surface area (Å²) in [7, 11) is 0. The van der Waals surface area contributed by atoms with Gasteiger partial charge in [-0.3, -0.25) is 4.79 Å². The molecular weight excluding hydrogens is 288 g/mol. The van der Waals surface area contributed by atoms with E-state index in [2.05, 4.69) is 15.9 Å². The number of hydrogen-bond donors (Lipinski definition) is 3. The number of carbonyl (C=O) groups is 1. The molecule has 1 aromatic carbocycles. The highest BCUT2D eigenvalue weighted by atomic mass is 79.9. The van der Waals surface area contributed by atoms with Crippen molar-refractivity contribution < 1.29 is 23.8 Å². The fourth-order valence-corrected chi connectivity index (χ4v) is 1.65. The second kappa shape index (κ2) is 4.75. The molecule has 1 rings (SSSR count). The van der Waals surface area contributed by atoms with Gasteiger partial charge in [0, 0.05) is 6.04 Å². The summed E-state index contributed by atoms with van der Waals surface area (Å²) in [6.45, 7) is 0. The van der Waals surface area contributed by atoms with Crippen LogP contribution in [0.15, 0.2) is 10.5 Å². The molecule has 0 aromatic heterocycles. The quantitative estimate of drug-likeness (QED) is 0.744. The Morgan fingerprint density at radius 2 is 2.12 bits per heavy atom. The number of carboxylic acid groups (broad SMARTS) is 1. The Hall–Kier alpha value is -1.21. The van der Waals surface area contributed by atoms with Crippen molar-refractivity contribution in [3.05, 3.63) is 27.7 Å². The van der Waals surface area contributed by atoms with Gasteiger partial charge in [-0.25, -0.2) is 8.78 Å². The molecule has 0 spiro atoms. The highest BCUT2D eigenvalue weighted by Crippen LogP contribution is 2.35. The fourth-order valence-electron chi connectivity index (χ4n) is 1.23. The summed E-state index contributed by atoms with van der Waals surface area (Å²) >= 11 is 2.81. The van der Waals surface area contributed by atoms with E-state index in [4.69, 9.17) is 10.8 Å². The number of hydrogen-bond acceptors (Lipinski definition) is 3. The molecule has 0 fully saturated rings.